The van der Waals surface area contributed by atoms with Crippen LogP contribution in [0.25, 0.3) is 16.8 Å². The quantitative estimate of drug-likeness (QED) is 0.439. The second-order valence-corrected chi connectivity index (χ2v) is 8.61. The number of thioether (sulfide) groups is 1. The zero-order valence-corrected chi connectivity index (χ0v) is 18.1. The summed E-state index contributed by atoms with van der Waals surface area (Å²) >= 11 is 1.43. The number of rotatable bonds is 5. The minimum atomic E-state index is 0.126. The maximum Gasteiger partial charge on any atom is 0.233 e. The van der Waals surface area contributed by atoms with Crippen LogP contribution < -0.4 is 0 Å². The summed E-state index contributed by atoms with van der Waals surface area (Å²) in [5.41, 5.74) is 2.72. The number of oxazole rings is 1. The van der Waals surface area contributed by atoms with Crippen LogP contribution >= 0.6 is 11.8 Å². The number of piperidine rings is 1. The molecule has 7 nitrogen and oxygen atoms in total. The van der Waals surface area contributed by atoms with Gasteiger partial charge >= 0.3 is 0 Å². The summed E-state index contributed by atoms with van der Waals surface area (Å²) in [6.07, 6.45) is 1.73. The van der Waals surface area contributed by atoms with E-state index in [0.717, 1.165) is 46.5 Å². The number of likely N-dealkylation sites (tertiary alicyclic amines) is 1. The lowest BCUT2D eigenvalue weighted by atomic mass is 9.97. The Kier molecular flexibility index (Phi) is 5.46. The Morgan fingerprint density at radius 1 is 1.06 bits per heavy atom. The van der Waals surface area contributed by atoms with Crippen LogP contribution in [0.15, 0.2) is 64.2 Å². The smallest absolute Gasteiger partial charge is 0.233 e. The Balaban J connectivity index is 1.19. The summed E-state index contributed by atoms with van der Waals surface area (Å²) in [6, 6.07) is 17.8. The van der Waals surface area contributed by atoms with Crippen LogP contribution in [-0.2, 0) is 4.79 Å². The highest BCUT2D eigenvalue weighted by atomic mass is 32.2. The first kappa shape index (κ1) is 19.8. The van der Waals surface area contributed by atoms with Gasteiger partial charge in [-0.2, -0.15) is 0 Å². The molecule has 2 aromatic carbocycles. The zero-order chi connectivity index (χ0) is 21.2. The molecule has 2 aromatic heterocycles. The number of nitrogens with zero attached hydrogens (tertiary/aromatic N) is 5. The summed E-state index contributed by atoms with van der Waals surface area (Å²) in [4.78, 5) is 19.4. The Morgan fingerprint density at radius 2 is 1.81 bits per heavy atom. The number of para-hydroxylation sites is 3. The Morgan fingerprint density at radius 3 is 2.58 bits per heavy atom. The van der Waals surface area contributed by atoms with Gasteiger partial charge in [0.2, 0.25) is 5.91 Å². The molecule has 1 aliphatic rings. The molecule has 8 heteroatoms. The molecule has 0 spiro atoms. The van der Waals surface area contributed by atoms with Gasteiger partial charge < -0.3 is 9.32 Å². The predicted octanol–water partition coefficient (Wildman–Crippen LogP) is 4.22. The second-order valence-electron chi connectivity index (χ2n) is 7.66. The van der Waals surface area contributed by atoms with E-state index in [1.54, 1.807) is 0 Å². The topological polar surface area (TPSA) is 77.1 Å². The van der Waals surface area contributed by atoms with Gasteiger partial charge in [-0.05, 0) is 44.0 Å². The zero-order valence-electron chi connectivity index (χ0n) is 17.3. The van der Waals surface area contributed by atoms with Crippen molar-refractivity contribution in [2.75, 3.05) is 18.8 Å². The third kappa shape index (κ3) is 4.07. The summed E-state index contributed by atoms with van der Waals surface area (Å²) < 4.78 is 7.91. The molecule has 1 aliphatic heterocycles. The standard InChI is InChI=1S/C23H23N5O2S/c1-16-25-26-23(28(16)18-7-3-2-4-8-18)31-15-21(29)27-13-11-17(12-14-27)22-24-19-9-5-6-10-20(19)30-22/h2-10,17H,11-15H2,1H3. The van der Waals surface area contributed by atoms with Gasteiger partial charge in [0.1, 0.15) is 11.3 Å². The first-order valence-corrected chi connectivity index (χ1v) is 11.4. The van der Waals surface area contributed by atoms with Gasteiger partial charge in [-0.3, -0.25) is 9.36 Å². The number of benzene rings is 2. The van der Waals surface area contributed by atoms with Crippen LogP contribution in [0.5, 0.6) is 0 Å². The van der Waals surface area contributed by atoms with Crippen LogP contribution in [0.3, 0.4) is 0 Å². The molecule has 3 heterocycles. The largest absolute Gasteiger partial charge is 0.440 e. The van der Waals surface area contributed by atoms with Gasteiger partial charge in [-0.15, -0.1) is 10.2 Å². The van der Waals surface area contributed by atoms with Gasteiger partial charge in [0, 0.05) is 24.7 Å². The molecule has 1 fully saturated rings. The van der Waals surface area contributed by atoms with Crippen LogP contribution in [0.1, 0.15) is 30.5 Å². The molecule has 0 aliphatic carbocycles. The third-order valence-electron chi connectivity index (χ3n) is 5.64. The van der Waals surface area contributed by atoms with Crippen molar-refractivity contribution in [2.45, 2.75) is 30.8 Å². The summed E-state index contributed by atoms with van der Waals surface area (Å²) in [6.45, 7) is 3.35. The highest BCUT2D eigenvalue weighted by molar-refractivity contribution is 7.99. The summed E-state index contributed by atoms with van der Waals surface area (Å²) in [5.74, 6) is 2.32. The normalized spacial score (nSPS) is 14.9. The first-order chi connectivity index (χ1) is 15.2. The molecule has 158 valence electrons. The Bertz CT molecular complexity index is 1160. The first-order valence-electron chi connectivity index (χ1n) is 10.4. The monoisotopic (exact) mass is 433 g/mol. The van der Waals surface area contributed by atoms with E-state index in [1.165, 1.54) is 11.8 Å². The average molecular weight is 434 g/mol. The van der Waals surface area contributed by atoms with E-state index in [1.807, 2.05) is 71.0 Å². The van der Waals surface area contributed by atoms with Crippen molar-refractivity contribution >= 4 is 28.8 Å². The van der Waals surface area contributed by atoms with Crippen molar-refractivity contribution < 1.29 is 9.21 Å². The summed E-state index contributed by atoms with van der Waals surface area (Å²) in [5, 5.41) is 9.20. The highest BCUT2D eigenvalue weighted by Crippen LogP contribution is 2.30. The number of aryl methyl sites for hydroxylation is 1. The van der Waals surface area contributed by atoms with Crippen LogP contribution in [0.2, 0.25) is 0 Å². The lowest BCUT2D eigenvalue weighted by molar-refractivity contribution is -0.129. The fraction of sp³-hybridized carbons (Fsp3) is 0.304. The van der Waals surface area contributed by atoms with E-state index in [0.29, 0.717) is 18.8 Å². The van der Waals surface area contributed by atoms with E-state index in [-0.39, 0.29) is 11.8 Å². The molecule has 31 heavy (non-hydrogen) atoms. The van der Waals surface area contributed by atoms with Gasteiger partial charge in [0.15, 0.2) is 16.6 Å². The minimum absolute atomic E-state index is 0.126. The molecule has 1 amide bonds. The number of aromatic nitrogens is 4. The Labute approximate surface area is 184 Å². The summed E-state index contributed by atoms with van der Waals surface area (Å²) in [7, 11) is 0. The molecular weight excluding hydrogens is 410 g/mol. The molecule has 0 atom stereocenters. The fourth-order valence-corrected chi connectivity index (χ4v) is 4.87. The minimum Gasteiger partial charge on any atom is -0.440 e. The van der Waals surface area contributed by atoms with Crippen LogP contribution in [0, 0.1) is 6.92 Å². The number of carbonyl (C=O) groups excluding carboxylic acids is 1. The average Bonchev–Trinajstić information content (AvgIpc) is 3.41. The molecule has 5 rings (SSSR count). The number of hydrogen-bond acceptors (Lipinski definition) is 6. The van der Waals surface area contributed by atoms with Crippen molar-refractivity contribution in [3.8, 4) is 5.69 Å². The van der Waals surface area contributed by atoms with Gasteiger partial charge in [-0.25, -0.2) is 4.98 Å². The van der Waals surface area contributed by atoms with E-state index < -0.39 is 0 Å². The second kappa shape index (κ2) is 8.55. The number of carbonyl (C=O) groups is 1. The van der Waals surface area contributed by atoms with Crippen molar-refractivity contribution in [2.24, 2.45) is 0 Å². The van der Waals surface area contributed by atoms with E-state index >= 15 is 0 Å². The third-order valence-corrected chi connectivity index (χ3v) is 6.56. The van der Waals surface area contributed by atoms with Crippen molar-refractivity contribution in [1.82, 2.24) is 24.6 Å². The predicted molar refractivity (Wildman–Crippen MR) is 119 cm³/mol. The van der Waals surface area contributed by atoms with Crippen LogP contribution in [0.4, 0.5) is 0 Å². The van der Waals surface area contributed by atoms with E-state index in [4.69, 9.17) is 4.42 Å². The lowest BCUT2D eigenvalue weighted by Crippen LogP contribution is -2.39. The molecule has 1 saturated heterocycles. The van der Waals surface area contributed by atoms with E-state index in [2.05, 4.69) is 15.2 Å². The molecule has 0 saturated carbocycles. The fourth-order valence-electron chi connectivity index (χ4n) is 3.97. The lowest BCUT2D eigenvalue weighted by Gasteiger charge is -2.30. The molecule has 0 radical (unpaired) electrons. The molecular formula is C23H23N5O2S. The van der Waals surface area contributed by atoms with Crippen molar-refractivity contribution in [3.05, 3.63) is 66.3 Å². The SMILES string of the molecule is Cc1nnc(SCC(=O)N2CCC(c3nc4ccccc4o3)CC2)n1-c1ccccc1. The van der Waals surface area contributed by atoms with Gasteiger partial charge in [0.05, 0.1) is 5.75 Å². The number of hydrogen-bond donors (Lipinski definition) is 0. The van der Waals surface area contributed by atoms with Gasteiger partial charge in [-0.1, -0.05) is 42.1 Å². The highest BCUT2D eigenvalue weighted by Gasteiger charge is 2.27. The molecule has 0 unspecified atom stereocenters. The molecule has 4 aromatic rings. The maximum atomic E-state index is 12.8. The van der Waals surface area contributed by atoms with Crippen molar-refractivity contribution in [1.29, 1.82) is 0 Å². The van der Waals surface area contributed by atoms with E-state index in [9.17, 15) is 4.79 Å². The van der Waals surface area contributed by atoms with Crippen LogP contribution in [-0.4, -0.2) is 49.4 Å². The van der Waals surface area contributed by atoms with Gasteiger partial charge in [0.25, 0.3) is 0 Å². The van der Waals surface area contributed by atoms with Crippen molar-refractivity contribution in [3.63, 3.8) is 0 Å². The maximum absolute atomic E-state index is 12.8. The Hall–Kier alpha value is -3.13. The molecule has 0 N–H and O–H groups in total. The number of fused-ring (bicyclic) bond motifs is 1. The molecule has 0 bridgehead atoms. The number of amides is 1.